The molecule has 0 radical (unpaired) electrons. The van der Waals surface area contributed by atoms with Crippen LogP contribution in [0.3, 0.4) is 0 Å². The molecule has 0 saturated carbocycles. The topological polar surface area (TPSA) is 81.4 Å². The van der Waals surface area contributed by atoms with Crippen LogP contribution >= 0.6 is 0 Å². The number of nitrogens with two attached hydrogens (primary N) is 1. The number of nitrogens with one attached hydrogen (secondary N) is 1. The highest BCUT2D eigenvalue weighted by Gasteiger charge is 2.32. The second kappa shape index (κ2) is 9.24. The number of carbonyl (C=O) groups excluding carboxylic acids is 2. The van der Waals surface area contributed by atoms with Crippen molar-refractivity contribution in [2.45, 2.75) is 12.8 Å². The summed E-state index contributed by atoms with van der Waals surface area (Å²) in [6.07, 6.45) is 0.833. The van der Waals surface area contributed by atoms with Gasteiger partial charge in [0.1, 0.15) is 5.75 Å². The number of methoxy groups -OCH3 is 1. The summed E-state index contributed by atoms with van der Waals surface area (Å²) in [5.41, 5.74) is 7.68. The largest absolute Gasteiger partial charge is 0.497 e. The van der Waals surface area contributed by atoms with E-state index in [1.54, 1.807) is 14.2 Å². The first-order valence-corrected chi connectivity index (χ1v) is 9.63. The predicted octanol–water partition coefficient (Wildman–Crippen LogP) is 3.10. The molecule has 0 saturated heterocycles. The first-order valence-electron chi connectivity index (χ1n) is 9.63. The third-order valence-corrected chi connectivity index (χ3v) is 5.32. The minimum absolute atomic E-state index is 0.189. The van der Waals surface area contributed by atoms with Crippen molar-refractivity contribution < 1.29 is 14.3 Å². The first kappa shape index (κ1) is 20.4. The van der Waals surface area contributed by atoms with Crippen LogP contribution in [0.4, 0.5) is 0 Å². The molecule has 5 nitrogen and oxygen atoms in total. The van der Waals surface area contributed by atoms with E-state index in [0.717, 1.165) is 27.6 Å². The Morgan fingerprint density at radius 1 is 0.897 bits per heavy atom. The molecule has 0 unspecified atom stereocenters. The number of primary amides is 1. The third kappa shape index (κ3) is 4.93. The Morgan fingerprint density at radius 2 is 1.52 bits per heavy atom. The van der Waals surface area contributed by atoms with E-state index in [1.807, 2.05) is 60.7 Å². The average Bonchev–Trinajstić information content (AvgIpc) is 2.75. The van der Waals surface area contributed by atoms with Crippen LogP contribution in [-0.2, 0) is 22.4 Å². The maximum Gasteiger partial charge on any atom is 0.224 e. The molecule has 0 aliphatic rings. The molecule has 3 aromatic rings. The van der Waals surface area contributed by atoms with Crippen molar-refractivity contribution in [1.82, 2.24) is 5.32 Å². The van der Waals surface area contributed by atoms with Gasteiger partial charge in [-0.3, -0.25) is 9.59 Å². The Kier molecular flexibility index (Phi) is 6.50. The number of hydrogen-bond acceptors (Lipinski definition) is 3. The molecule has 150 valence electrons. The summed E-state index contributed by atoms with van der Waals surface area (Å²) < 4.78 is 5.19. The molecule has 3 N–H and O–H groups in total. The van der Waals surface area contributed by atoms with Crippen LogP contribution in [0.15, 0.2) is 66.7 Å². The van der Waals surface area contributed by atoms with E-state index in [4.69, 9.17) is 10.5 Å². The van der Waals surface area contributed by atoms with Gasteiger partial charge in [-0.25, -0.2) is 0 Å². The van der Waals surface area contributed by atoms with Crippen LogP contribution in [0.5, 0.6) is 5.75 Å². The fourth-order valence-electron chi connectivity index (χ4n) is 3.68. The average molecular weight is 390 g/mol. The lowest BCUT2D eigenvalue weighted by atomic mass is 9.81. The summed E-state index contributed by atoms with van der Waals surface area (Å²) in [6.45, 7) is 0. The van der Waals surface area contributed by atoms with E-state index >= 15 is 0 Å². The molecule has 0 aromatic heterocycles. The molecule has 3 rings (SSSR count). The van der Waals surface area contributed by atoms with E-state index in [1.165, 1.54) is 0 Å². The highest BCUT2D eigenvalue weighted by atomic mass is 16.5. The number of ether oxygens (including phenoxy) is 1. The van der Waals surface area contributed by atoms with Crippen molar-refractivity contribution in [1.29, 1.82) is 0 Å². The smallest absolute Gasteiger partial charge is 0.224 e. The Labute approximate surface area is 170 Å². The molecule has 3 aromatic carbocycles. The molecule has 0 aliphatic carbocycles. The van der Waals surface area contributed by atoms with Gasteiger partial charge >= 0.3 is 0 Å². The number of carbonyl (C=O) groups is 2. The maximum atomic E-state index is 12.6. The molecule has 5 heteroatoms. The van der Waals surface area contributed by atoms with Crippen molar-refractivity contribution in [3.63, 3.8) is 0 Å². The second-order valence-corrected chi connectivity index (χ2v) is 7.17. The molecule has 0 aliphatic heterocycles. The van der Waals surface area contributed by atoms with Gasteiger partial charge < -0.3 is 15.8 Å². The normalized spacial score (nSPS) is 12.9. The molecule has 29 heavy (non-hydrogen) atoms. The predicted molar refractivity (Wildman–Crippen MR) is 115 cm³/mol. The lowest BCUT2D eigenvalue weighted by Gasteiger charge is -2.24. The summed E-state index contributed by atoms with van der Waals surface area (Å²) >= 11 is 0. The highest BCUT2D eigenvalue weighted by Crippen LogP contribution is 2.25. The fourth-order valence-corrected chi connectivity index (χ4v) is 3.68. The number of fused-ring (bicyclic) bond motifs is 1. The van der Waals surface area contributed by atoms with Gasteiger partial charge in [0.15, 0.2) is 0 Å². The van der Waals surface area contributed by atoms with Crippen LogP contribution in [0.2, 0.25) is 0 Å². The summed E-state index contributed by atoms with van der Waals surface area (Å²) in [5.74, 6) is -1.09. The molecule has 0 heterocycles. The number of benzene rings is 3. The van der Waals surface area contributed by atoms with E-state index in [0.29, 0.717) is 12.8 Å². The quantitative estimate of drug-likeness (QED) is 0.620. The zero-order valence-electron chi connectivity index (χ0n) is 16.7. The second-order valence-electron chi connectivity index (χ2n) is 7.17. The van der Waals surface area contributed by atoms with Gasteiger partial charge in [-0.15, -0.1) is 0 Å². The van der Waals surface area contributed by atoms with Crippen LogP contribution in [0.1, 0.15) is 11.1 Å². The van der Waals surface area contributed by atoms with Crippen LogP contribution in [-0.4, -0.2) is 26.0 Å². The number of hydrogen-bond donors (Lipinski definition) is 2. The molecule has 0 fully saturated rings. The van der Waals surface area contributed by atoms with Crippen molar-refractivity contribution in [2.24, 2.45) is 17.6 Å². The third-order valence-electron chi connectivity index (χ3n) is 5.32. The van der Waals surface area contributed by atoms with Gasteiger partial charge in [0.2, 0.25) is 11.8 Å². The molecular formula is C24H26N2O3. The number of rotatable bonds is 8. The molecule has 0 bridgehead atoms. The van der Waals surface area contributed by atoms with E-state index in [-0.39, 0.29) is 5.91 Å². The summed E-state index contributed by atoms with van der Waals surface area (Å²) in [6, 6.07) is 21.6. The maximum absolute atomic E-state index is 12.6. The van der Waals surface area contributed by atoms with Gasteiger partial charge in [-0.1, -0.05) is 54.6 Å². The van der Waals surface area contributed by atoms with E-state index < -0.39 is 17.7 Å². The SMILES string of the molecule is CNC(=O)[C@H](Cc1ccc(OC)cc1)[C@@H](Cc1ccc2ccccc2c1)C(N)=O. The molecular weight excluding hydrogens is 364 g/mol. The molecule has 2 atom stereocenters. The van der Waals surface area contributed by atoms with E-state index in [9.17, 15) is 9.59 Å². The van der Waals surface area contributed by atoms with Crippen LogP contribution < -0.4 is 15.8 Å². The zero-order chi connectivity index (χ0) is 20.8. The monoisotopic (exact) mass is 390 g/mol. The molecule has 2 amide bonds. The number of amides is 2. The standard InChI is InChI=1S/C24H26N2O3/c1-26-24(28)22(14-16-8-11-20(29-2)12-9-16)21(23(25)27)15-17-7-10-18-5-3-4-6-19(18)13-17/h3-13,21-22H,14-15H2,1-2H3,(H2,25,27)(H,26,28)/t21-,22-/m1/s1. The van der Waals surface area contributed by atoms with Gasteiger partial charge in [0.05, 0.1) is 18.9 Å². The Hall–Kier alpha value is -3.34. The van der Waals surface area contributed by atoms with Crippen molar-refractivity contribution in [3.05, 3.63) is 77.9 Å². The van der Waals surface area contributed by atoms with Gasteiger partial charge in [0.25, 0.3) is 0 Å². The Balaban J connectivity index is 1.88. The summed E-state index contributed by atoms with van der Waals surface area (Å²) in [7, 11) is 3.19. The van der Waals surface area contributed by atoms with Crippen LogP contribution in [0, 0.1) is 11.8 Å². The Bertz CT molecular complexity index is 998. The summed E-state index contributed by atoms with van der Waals surface area (Å²) in [5, 5.41) is 4.92. The van der Waals surface area contributed by atoms with Crippen molar-refractivity contribution >= 4 is 22.6 Å². The Morgan fingerprint density at radius 3 is 2.14 bits per heavy atom. The molecule has 0 spiro atoms. The van der Waals surface area contributed by atoms with Crippen molar-refractivity contribution in [3.8, 4) is 5.75 Å². The van der Waals surface area contributed by atoms with Crippen LogP contribution in [0.25, 0.3) is 10.8 Å². The van der Waals surface area contributed by atoms with Gasteiger partial charge in [0, 0.05) is 7.05 Å². The highest BCUT2D eigenvalue weighted by molar-refractivity contribution is 5.88. The lowest BCUT2D eigenvalue weighted by molar-refractivity contribution is -0.133. The summed E-state index contributed by atoms with van der Waals surface area (Å²) in [4.78, 5) is 25.0. The minimum Gasteiger partial charge on any atom is -0.497 e. The fraction of sp³-hybridized carbons (Fsp3) is 0.250. The van der Waals surface area contributed by atoms with Crippen molar-refractivity contribution in [2.75, 3.05) is 14.2 Å². The van der Waals surface area contributed by atoms with Gasteiger partial charge in [-0.2, -0.15) is 0 Å². The van der Waals surface area contributed by atoms with Gasteiger partial charge in [-0.05, 0) is 46.9 Å². The van der Waals surface area contributed by atoms with E-state index in [2.05, 4.69) is 11.4 Å². The zero-order valence-corrected chi connectivity index (χ0v) is 16.7. The first-order chi connectivity index (χ1) is 14.0. The lowest BCUT2D eigenvalue weighted by Crippen LogP contribution is -2.41. The minimum atomic E-state index is -0.613.